The van der Waals surface area contributed by atoms with E-state index >= 15 is 0 Å². The van der Waals surface area contributed by atoms with Gasteiger partial charge < -0.3 is 5.73 Å². The van der Waals surface area contributed by atoms with E-state index in [1.54, 1.807) is 12.4 Å². The van der Waals surface area contributed by atoms with Gasteiger partial charge in [0, 0.05) is 23.5 Å². The van der Waals surface area contributed by atoms with Crippen LogP contribution in [0.3, 0.4) is 0 Å². The molecule has 0 aliphatic heterocycles. The molecule has 2 aromatic heterocycles. The maximum Gasteiger partial charge on any atom is 0.162 e. The Morgan fingerprint density at radius 1 is 0.850 bits per heavy atom. The summed E-state index contributed by atoms with van der Waals surface area (Å²) in [5.41, 5.74) is 8.81. The van der Waals surface area contributed by atoms with Crippen LogP contribution >= 0.6 is 22.6 Å². The average molecular weight is 374 g/mol. The summed E-state index contributed by atoms with van der Waals surface area (Å²) in [5, 5.41) is 0. The number of nitrogens with two attached hydrogens (primary N) is 1. The van der Waals surface area contributed by atoms with E-state index in [2.05, 4.69) is 37.5 Å². The normalized spacial score (nSPS) is 10.4. The van der Waals surface area contributed by atoms with Crippen LogP contribution < -0.4 is 5.73 Å². The van der Waals surface area contributed by atoms with E-state index in [0.717, 1.165) is 20.4 Å². The minimum Gasteiger partial charge on any atom is -0.383 e. The molecule has 0 saturated carbocycles. The molecule has 0 aliphatic carbocycles. The van der Waals surface area contributed by atoms with Crippen molar-refractivity contribution in [1.29, 1.82) is 0 Å². The molecule has 0 unspecified atom stereocenters. The summed E-state index contributed by atoms with van der Waals surface area (Å²) in [7, 11) is 0. The van der Waals surface area contributed by atoms with Crippen LogP contribution in [0.1, 0.15) is 0 Å². The standard InChI is InChI=1S/C15H11IN4/c16-12-13(10-4-2-1-3-5-10)19-15(20-14(12)17)11-6-8-18-9-7-11/h1-9H,(H2,17,19,20). The first kappa shape index (κ1) is 13.0. The summed E-state index contributed by atoms with van der Waals surface area (Å²) < 4.78 is 0.867. The van der Waals surface area contributed by atoms with Crippen LogP contribution in [-0.2, 0) is 0 Å². The van der Waals surface area contributed by atoms with Crippen molar-refractivity contribution in [2.24, 2.45) is 0 Å². The van der Waals surface area contributed by atoms with Gasteiger partial charge in [-0.2, -0.15) is 0 Å². The Labute approximate surface area is 130 Å². The lowest BCUT2D eigenvalue weighted by molar-refractivity contribution is 1.17. The number of anilines is 1. The maximum absolute atomic E-state index is 6.02. The number of hydrogen-bond acceptors (Lipinski definition) is 4. The van der Waals surface area contributed by atoms with E-state index in [0.29, 0.717) is 11.6 Å². The number of nitrogen functional groups attached to an aromatic ring is 1. The van der Waals surface area contributed by atoms with Crippen molar-refractivity contribution in [2.45, 2.75) is 0 Å². The summed E-state index contributed by atoms with van der Waals surface area (Å²) >= 11 is 2.18. The molecule has 0 radical (unpaired) electrons. The van der Waals surface area contributed by atoms with Gasteiger partial charge in [0.25, 0.3) is 0 Å². The molecule has 0 amide bonds. The molecule has 1 aromatic carbocycles. The topological polar surface area (TPSA) is 64.7 Å². The number of hydrogen-bond donors (Lipinski definition) is 1. The second kappa shape index (κ2) is 5.54. The zero-order valence-electron chi connectivity index (χ0n) is 10.5. The van der Waals surface area contributed by atoms with Crippen LogP contribution in [0.15, 0.2) is 54.9 Å². The lowest BCUT2D eigenvalue weighted by atomic mass is 10.1. The smallest absolute Gasteiger partial charge is 0.162 e. The van der Waals surface area contributed by atoms with Crippen molar-refractivity contribution < 1.29 is 0 Å². The Bertz CT molecular complexity index is 730. The Kier molecular flexibility index (Phi) is 3.60. The van der Waals surface area contributed by atoms with Gasteiger partial charge in [0.15, 0.2) is 5.82 Å². The zero-order chi connectivity index (χ0) is 13.9. The molecule has 4 nitrogen and oxygen atoms in total. The van der Waals surface area contributed by atoms with Gasteiger partial charge in [-0.05, 0) is 34.7 Å². The Morgan fingerprint density at radius 2 is 1.55 bits per heavy atom. The number of rotatable bonds is 2. The van der Waals surface area contributed by atoms with Crippen molar-refractivity contribution in [1.82, 2.24) is 15.0 Å². The average Bonchev–Trinajstić information content (AvgIpc) is 2.51. The molecule has 98 valence electrons. The predicted molar refractivity (Wildman–Crippen MR) is 87.8 cm³/mol. The summed E-state index contributed by atoms with van der Waals surface area (Å²) in [4.78, 5) is 13.0. The Hall–Kier alpha value is -2.02. The first-order valence-corrected chi connectivity index (χ1v) is 7.12. The van der Waals surface area contributed by atoms with Crippen LogP contribution in [0.25, 0.3) is 22.6 Å². The van der Waals surface area contributed by atoms with Crippen LogP contribution in [0.2, 0.25) is 0 Å². The van der Waals surface area contributed by atoms with Crippen molar-refractivity contribution in [3.05, 3.63) is 58.4 Å². The number of aromatic nitrogens is 3. The highest BCUT2D eigenvalue weighted by Crippen LogP contribution is 2.28. The van der Waals surface area contributed by atoms with Gasteiger partial charge in [-0.15, -0.1) is 0 Å². The van der Waals surface area contributed by atoms with E-state index in [4.69, 9.17) is 5.73 Å². The summed E-state index contributed by atoms with van der Waals surface area (Å²) in [6.45, 7) is 0. The zero-order valence-corrected chi connectivity index (χ0v) is 12.7. The molecule has 3 aromatic rings. The molecule has 20 heavy (non-hydrogen) atoms. The van der Waals surface area contributed by atoms with Gasteiger partial charge in [0.1, 0.15) is 5.82 Å². The van der Waals surface area contributed by atoms with Gasteiger partial charge in [0.2, 0.25) is 0 Å². The largest absolute Gasteiger partial charge is 0.383 e. The minimum atomic E-state index is 0.492. The Balaban J connectivity index is 2.19. The third-order valence-corrected chi connectivity index (χ3v) is 3.93. The van der Waals surface area contributed by atoms with Crippen molar-refractivity contribution >= 4 is 28.4 Å². The molecule has 0 saturated heterocycles. The monoisotopic (exact) mass is 374 g/mol. The SMILES string of the molecule is Nc1nc(-c2ccncc2)nc(-c2ccccc2)c1I. The van der Waals surface area contributed by atoms with Gasteiger partial charge >= 0.3 is 0 Å². The van der Waals surface area contributed by atoms with E-state index in [1.807, 2.05) is 42.5 Å². The second-order valence-electron chi connectivity index (χ2n) is 4.20. The molecule has 0 spiro atoms. The molecule has 2 heterocycles. The van der Waals surface area contributed by atoms with E-state index in [9.17, 15) is 0 Å². The summed E-state index contributed by atoms with van der Waals surface area (Å²) in [6, 6.07) is 13.7. The molecule has 0 atom stereocenters. The molecule has 2 N–H and O–H groups in total. The van der Waals surface area contributed by atoms with Crippen molar-refractivity contribution in [2.75, 3.05) is 5.73 Å². The number of pyridine rings is 1. The first-order valence-electron chi connectivity index (χ1n) is 6.04. The third-order valence-electron chi connectivity index (χ3n) is 2.86. The molecule has 0 bridgehead atoms. The van der Waals surface area contributed by atoms with Gasteiger partial charge in [-0.1, -0.05) is 30.3 Å². The highest BCUT2D eigenvalue weighted by Gasteiger charge is 2.12. The van der Waals surface area contributed by atoms with Crippen LogP contribution in [0, 0.1) is 3.57 Å². The fourth-order valence-electron chi connectivity index (χ4n) is 1.88. The molecular formula is C15H11IN4. The van der Waals surface area contributed by atoms with Crippen LogP contribution in [-0.4, -0.2) is 15.0 Å². The molecule has 0 aliphatic rings. The maximum atomic E-state index is 6.02. The molecule has 5 heteroatoms. The van der Waals surface area contributed by atoms with Crippen LogP contribution in [0.5, 0.6) is 0 Å². The quantitative estimate of drug-likeness (QED) is 0.699. The first-order chi connectivity index (χ1) is 9.75. The lowest BCUT2D eigenvalue weighted by Crippen LogP contribution is -2.02. The van der Waals surface area contributed by atoms with E-state index < -0.39 is 0 Å². The van der Waals surface area contributed by atoms with Gasteiger partial charge in [-0.3, -0.25) is 4.98 Å². The van der Waals surface area contributed by atoms with Crippen LogP contribution in [0.4, 0.5) is 5.82 Å². The van der Waals surface area contributed by atoms with Gasteiger partial charge in [-0.25, -0.2) is 9.97 Å². The Morgan fingerprint density at radius 3 is 2.25 bits per heavy atom. The third kappa shape index (κ3) is 2.49. The van der Waals surface area contributed by atoms with E-state index in [1.165, 1.54) is 0 Å². The summed E-state index contributed by atoms with van der Waals surface area (Å²) in [6.07, 6.45) is 3.43. The van der Waals surface area contributed by atoms with Crippen molar-refractivity contribution in [3.63, 3.8) is 0 Å². The highest BCUT2D eigenvalue weighted by atomic mass is 127. The van der Waals surface area contributed by atoms with E-state index in [-0.39, 0.29) is 0 Å². The molecule has 3 rings (SSSR count). The highest BCUT2D eigenvalue weighted by molar-refractivity contribution is 14.1. The number of nitrogens with zero attached hydrogens (tertiary/aromatic N) is 3. The molecule has 0 fully saturated rings. The molecular weight excluding hydrogens is 363 g/mol. The lowest BCUT2D eigenvalue weighted by Gasteiger charge is -2.09. The second-order valence-corrected chi connectivity index (χ2v) is 5.28. The predicted octanol–water partition coefficient (Wildman–Crippen LogP) is 3.39. The fraction of sp³-hybridized carbons (Fsp3) is 0. The van der Waals surface area contributed by atoms with Crippen molar-refractivity contribution in [3.8, 4) is 22.6 Å². The van der Waals surface area contributed by atoms with Gasteiger partial charge in [0.05, 0.1) is 9.26 Å². The minimum absolute atomic E-state index is 0.492. The fourth-order valence-corrected chi connectivity index (χ4v) is 2.43. The number of halogens is 1. The number of benzene rings is 1. The summed E-state index contributed by atoms with van der Waals surface area (Å²) in [5.74, 6) is 1.11.